The van der Waals surface area contributed by atoms with E-state index in [2.05, 4.69) is 0 Å². The number of likely N-dealkylation sites (tertiary alicyclic amines) is 2. The van der Waals surface area contributed by atoms with E-state index in [9.17, 15) is 14.7 Å². The van der Waals surface area contributed by atoms with Crippen molar-refractivity contribution in [3.63, 3.8) is 0 Å². The zero-order chi connectivity index (χ0) is 21.3. The lowest BCUT2D eigenvalue weighted by atomic mass is 9.89. The number of benzene rings is 1. The van der Waals surface area contributed by atoms with Gasteiger partial charge in [-0.05, 0) is 23.1 Å². The van der Waals surface area contributed by atoms with Crippen molar-refractivity contribution in [3.05, 3.63) is 29.8 Å². The van der Waals surface area contributed by atoms with Crippen LogP contribution in [0.25, 0.3) is 0 Å². The lowest BCUT2D eigenvalue weighted by Crippen LogP contribution is -2.42. The number of aliphatic hydroxyl groups excluding tert-OH is 1. The van der Waals surface area contributed by atoms with Gasteiger partial charge >= 0.3 is 6.03 Å². The fourth-order valence-corrected chi connectivity index (χ4v) is 4.51. The Morgan fingerprint density at radius 1 is 1.17 bits per heavy atom. The van der Waals surface area contributed by atoms with E-state index >= 15 is 0 Å². The quantitative estimate of drug-likeness (QED) is 0.818. The molecular formula is C22H33N3O4. The molecule has 0 bridgehead atoms. The molecular weight excluding hydrogens is 370 g/mol. The lowest BCUT2D eigenvalue weighted by Gasteiger charge is -2.32. The van der Waals surface area contributed by atoms with Crippen LogP contribution < -0.4 is 4.74 Å². The van der Waals surface area contributed by atoms with Crippen LogP contribution in [0.2, 0.25) is 0 Å². The predicted octanol–water partition coefficient (Wildman–Crippen LogP) is 2.22. The fourth-order valence-electron chi connectivity index (χ4n) is 4.51. The lowest BCUT2D eigenvalue weighted by molar-refractivity contribution is -0.133. The van der Waals surface area contributed by atoms with E-state index in [1.807, 2.05) is 47.9 Å². The molecule has 0 aliphatic carbocycles. The molecule has 2 saturated heterocycles. The maximum atomic E-state index is 12.8. The van der Waals surface area contributed by atoms with Crippen LogP contribution in [-0.2, 0) is 4.79 Å². The van der Waals surface area contributed by atoms with Gasteiger partial charge in [0.1, 0.15) is 5.75 Å². The molecule has 0 aromatic heterocycles. The highest BCUT2D eigenvalue weighted by Gasteiger charge is 2.50. The molecule has 3 atom stereocenters. The summed E-state index contributed by atoms with van der Waals surface area (Å²) in [5.41, 5.74) is 0.648. The number of hydrogen-bond donors (Lipinski definition) is 1. The third-order valence-electron chi connectivity index (χ3n) is 6.16. The number of methoxy groups -OCH3 is 1. The first-order chi connectivity index (χ1) is 13.7. The van der Waals surface area contributed by atoms with E-state index < -0.39 is 5.41 Å². The van der Waals surface area contributed by atoms with Gasteiger partial charge in [0, 0.05) is 58.6 Å². The number of nitrogens with zero attached hydrogens (tertiary/aromatic N) is 3. The molecule has 0 radical (unpaired) electrons. The number of urea groups is 1. The van der Waals surface area contributed by atoms with Gasteiger partial charge in [0.05, 0.1) is 13.2 Å². The summed E-state index contributed by atoms with van der Waals surface area (Å²) < 4.78 is 5.27. The highest BCUT2D eigenvalue weighted by molar-refractivity contribution is 5.78. The van der Waals surface area contributed by atoms with Crippen LogP contribution in [0.4, 0.5) is 4.79 Å². The second-order valence-corrected chi connectivity index (χ2v) is 9.27. The van der Waals surface area contributed by atoms with E-state index in [0.29, 0.717) is 26.1 Å². The van der Waals surface area contributed by atoms with Crippen molar-refractivity contribution in [2.24, 2.45) is 17.3 Å². The van der Waals surface area contributed by atoms with Gasteiger partial charge < -0.3 is 24.5 Å². The number of amides is 3. The number of rotatable bonds is 5. The number of aliphatic hydroxyl groups is 1. The molecule has 1 N–H and O–H groups in total. The summed E-state index contributed by atoms with van der Waals surface area (Å²) in [4.78, 5) is 31.1. The van der Waals surface area contributed by atoms with Gasteiger partial charge in [-0.2, -0.15) is 0 Å². The monoisotopic (exact) mass is 403 g/mol. The molecule has 0 unspecified atom stereocenters. The number of carbonyl (C=O) groups excluding carboxylic acids is 2. The van der Waals surface area contributed by atoms with E-state index in [1.165, 1.54) is 0 Å². The first-order valence-electron chi connectivity index (χ1n) is 10.2. The van der Waals surface area contributed by atoms with Crippen molar-refractivity contribution in [1.29, 1.82) is 0 Å². The molecule has 0 saturated carbocycles. The van der Waals surface area contributed by atoms with Crippen LogP contribution in [0.15, 0.2) is 24.3 Å². The van der Waals surface area contributed by atoms with Crippen LogP contribution in [0.5, 0.6) is 5.75 Å². The highest BCUT2D eigenvalue weighted by atomic mass is 16.5. The van der Waals surface area contributed by atoms with E-state index in [0.717, 1.165) is 11.3 Å². The molecule has 2 heterocycles. The van der Waals surface area contributed by atoms with Gasteiger partial charge in [0.2, 0.25) is 5.91 Å². The summed E-state index contributed by atoms with van der Waals surface area (Å²) in [6.07, 6.45) is 0.330. The van der Waals surface area contributed by atoms with Gasteiger partial charge in [-0.3, -0.25) is 4.79 Å². The summed E-state index contributed by atoms with van der Waals surface area (Å²) in [6.45, 7) is 5.73. The van der Waals surface area contributed by atoms with E-state index in [1.54, 1.807) is 26.1 Å². The smallest absolute Gasteiger partial charge is 0.320 e. The molecule has 7 heteroatoms. The number of hydrogen-bond acceptors (Lipinski definition) is 4. The second kappa shape index (κ2) is 8.22. The van der Waals surface area contributed by atoms with Crippen LogP contribution >= 0.6 is 0 Å². The van der Waals surface area contributed by atoms with Gasteiger partial charge in [-0.25, -0.2) is 4.79 Å². The van der Waals surface area contributed by atoms with Crippen molar-refractivity contribution in [2.45, 2.75) is 26.3 Å². The Hall–Kier alpha value is -2.28. The SMILES string of the molecule is COc1ccc([C@H]2[C@@H]3CN(C(=O)CC(C)(C)CO)C[C@@H]3CN2C(=O)N(C)C)cc1. The fraction of sp³-hybridized carbons (Fsp3) is 0.636. The largest absolute Gasteiger partial charge is 0.497 e. The maximum absolute atomic E-state index is 12.8. The first kappa shape index (κ1) is 21.4. The van der Waals surface area contributed by atoms with Crippen LogP contribution in [-0.4, -0.2) is 79.2 Å². The Kier molecular flexibility index (Phi) is 6.08. The minimum absolute atomic E-state index is 0.000455. The maximum Gasteiger partial charge on any atom is 0.320 e. The van der Waals surface area contributed by atoms with Gasteiger partial charge in [-0.1, -0.05) is 26.0 Å². The van der Waals surface area contributed by atoms with Crippen molar-refractivity contribution < 1.29 is 19.4 Å². The third-order valence-corrected chi connectivity index (χ3v) is 6.16. The van der Waals surface area contributed by atoms with E-state index in [-0.39, 0.29) is 36.4 Å². The molecule has 0 spiro atoms. The molecule has 3 rings (SSSR count). The average Bonchev–Trinajstić information content (AvgIpc) is 3.25. The van der Waals surface area contributed by atoms with Crippen molar-refractivity contribution >= 4 is 11.9 Å². The normalized spacial score (nSPS) is 23.9. The summed E-state index contributed by atoms with van der Waals surface area (Å²) in [5.74, 6) is 1.32. The minimum atomic E-state index is -0.420. The summed E-state index contributed by atoms with van der Waals surface area (Å²) in [5, 5.41) is 9.50. The number of carbonyl (C=O) groups is 2. The van der Waals surface area contributed by atoms with Gasteiger partial charge in [-0.15, -0.1) is 0 Å². The second-order valence-electron chi connectivity index (χ2n) is 9.27. The van der Waals surface area contributed by atoms with Crippen molar-refractivity contribution in [3.8, 4) is 5.75 Å². The Morgan fingerprint density at radius 2 is 1.83 bits per heavy atom. The van der Waals surface area contributed by atoms with Crippen LogP contribution in [0.1, 0.15) is 31.9 Å². The topological polar surface area (TPSA) is 73.3 Å². The number of ether oxygens (including phenoxy) is 1. The Balaban J connectivity index is 1.82. The molecule has 2 aliphatic heterocycles. The molecule has 7 nitrogen and oxygen atoms in total. The minimum Gasteiger partial charge on any atom is -0.497 e. The summed E-state index contributed by atoms with van der Waals surface area (Å²) in [7, 11) is 5.18. The first-order valence-corrected chi connectivity index (χ1v) is 10.2. The molecule has 2 fully saturated rings. The zero-order valence-electron chi connectivity index (χ0n) is 18.1. The summed E-state index contributed by atoms with van der Waals surface area (Å²) in [6, 6.07) is 7.80. The highest BCUT2D eigenvalue weighted by Crippen LogP contribution is 2.46. The van der Waals surface area contributed by atoms with Gasteiger partial charge in [0.15, 0.2) is 0 Å². The average molecular weight is 404 g/mol. The zero-order valence-corrected chi connectivity index (χ0v) is 18.1. The standard InChI is InChI=1S/C22H33N3O4/c1-22(2,14-26)10-19(27)24-11-16-12-25(21(28)23(3)4)20(18(16)13-24)15-6-8-17(29-5)9-7-15/h6-9,16,18,20,26H,10-14H2,1-5H3/t16-,18-,20+/m1/s1. The Labute approximate surface area is 173 Å². The summed E-state index contributed by atoms with van der Waals surface area (Å²) >= 11 is 0. The van der Waals surface area contributed by atoms with Crippen molar-refractivity contribution in [1.82, 2.24) is 14.7 Å². The van der Waals surface area contributed by atoms with Gasteiger partial charge in [0.25, 0.3) is 0 Å². The molecule has 160 valence electrons. The molecule has 1 aromatic carbocycles. The van der Waals surface area contributed by atoms with Crippen LogP contribution in [0.3, 0.4) is 0 Å². The van der Waals surface area contributed by atoms with E-state index in [4.69, 9.17) is 4.74 Å². The molecule has 1 aromatic rings. The van der Waals surface area contributed by atoms with Crippen molar-refractivity contribution in [2.75, 3.05) is 47.4 Å². The Morgan fingerprint density at radius 3 is 2.38 bits per heavy atom. The Bertz CT molecular complexity index is 747. The molecule has 29 heavy (non-hydrogen) atoms. The molecule has 2 aliphatic rings. The third kappa shape index (κ3) is 4.34. The number of fused-ring (bicyclic) bond motifs is 1. The molecule has 3 amide bonds. The van der Waals surface area contributed by atoms with Crippen LogP contribution in [0, 0.1) is 17.3 Å². The predicted molar refractivity (Wildman–Crippen MR) is 111 cm³/mol.